The van der Waals surface area contributed by atoms with Crippen molar-refractivity contribution in [2.24, 2.45) is 0 Å². The highest BCUT2D eigenvalue weighted by Crippen LogP contribution is 2.31. The number of barbiturate groups is 1. The minimum Gasteiger partial charge on any atom is -0.490 e. The van der Waals surface area contributed by atoms with Gasteiger partial charge in [0.15, 0.2) is 11.5 Å². The molecule has 0 aliphatic carbocycles. The van der Waals surface area contributed by atoms with Gasteiger partial charge in [-0.05, 0) is 61.0 Å². The van der Waals surface area contributed by atoms with Crippen molar-refractivity contribution in [1.82, 2.24) is 5.32 Å². The summed E-state index contributed by atoms with van der Waals surface area (Å²) in [7, 11) is 0. The van der Waals surface area contributed by atoms with E-state index in [0.717, 1.165) is 4.90 Å². The van der Waals surface area contributed by atoms with E-state index in [1.54, 1.807) is 43.3 Å². The zero-order chi connectivity index (χ0) is 26.5. The topological polar surface area (TPSA) is 122 Å². The lowest BCUT2D eigenvalue weighted by molar-refractivity contribution is -0.122. The molecule has 188 valence electrons. The molecule has 0 spiro atoms. The first-order valence-electron chi connectivity index (χ1n) is 11.2. The van der Waals surface area contributed by atoms with Crippen molar-refractivity contribution in [2.75, 3.05) is 11.5 Å². The van der Waals surface area contributed by atoms with Gasteiger partial charge in [0.05, 0.1) is 17.9 Å². The van der Waals surface area contributed by atoms with Crippen LogP contribution in [0.15, 0.2) is 72.3 Å². The Kier molecular flexibility index (Phi) is 7.28. The molecule has 1 aliphatic heterocycles. The van der Waals surface area contributed by atoms with E-state index in [9.17, 15) is 23.6 Å². The van der Waals surface area contributed by atoms with Crippen LogP contribution >= 0.6 is 0 Å². The summed E-state index contributed by atoms with van der Waals surface area (Å²) in [5.74, 6) is -2.68. The lowest BCUT2D eigenvalue weighted by Gasteiger charge is -2.26. The maximum absolute atomic E-state index is 13.9. The molecular weight excluding hydrogens is 483 g/mol. The van der Waals surface area contributed by atoms with Gasteiger partial charge in [0.2, 0.25) is 0 Å². The van der Waals surface area contributed by atoms with Crippen molar-refractivity contribution in [3.63, 3.8) is 0 Å². The smallest absolute Gasteiger partial charge is 0.335 e. The first kappa shape index (κ1) is 25.1. The third-order valence-electron chi connectivity index (χ3n) is 5.39. The van der Waals surface area contributed by atoms with Crippen molar-refractivity contribution < 1.29 is 38.1 Å². The molecule has 4 rings (SSSR count). The fourth-order valence-corrected chi connectivity index (χ4v) is 3.58. The second kappa shape index (κ2) is 10.7. The van der Waals surface area contributed by atoms with Gasteiger partial charge in [-0.25, -0.2) is 18.9 Å². The molecule has 37 heavy (non-hydrogen) atoms. The van der Waals surface area contributed by atoms with Gasteiger partial charge in [-0.3, -0.25) is 14.9 Å². The fraction of sp³-hybridized carbons (Fsp3) is 0.111. The number of amides is 4. The Morgan fingerprint density at radius 2 is 1.73 bits per heavy atom. The normalized spacial score (nSPS) is 14.5. The highest BCUT2D eigenvalue weighted by atomic mass is 19.1. The number of aromatic carboxylic acids is 1. The second-order valence-corrected chi connectivity index (χ2v) is 7.83. The highest BCUT2D eigenvalue weighted by Gasteiger charge is 2.36. The number of carboxylic acids is 1. The van der Waals surface area contributed by atoms with Crippen LogP contribution in [0.5, 0.6) is 11.5 Å². The number of hydrogen-bond donors (Lipinski definition) is 2. The third kappa shape index (κ3) is 5.48. The number of ether oxygens (including phenoxy) is 2. The number of anilines is 1. The van der Waals surface area contributed by atoms with Gasteiger partial charge in [0.25, 0.3) is 11.8 Å². The average Bonchev–Trinajstić information content (AvgIpc) is 2.87. The number of hydrogen-bond acceptors (Lipinski definition) is 6. The minimum absolute atomic E-state index is 0.0266. The molecule has 1 saturated heterocycles. The molecule has 0 atom stereocenters. The van der Waals surface area contributed by atoms with E-state index in [-0.39, 0.29) is 23.4 Å². The van der Waals surface area contributed by atoms with E-state index in [0.29, 0.717) is 29.2 Å². The SMILES string of the molecule is CCOc1cc(/C=C2\C(=O)NC(=O)N(c3ccc(C(=O)O)cc3)C2=O)ccc1OCc1ccccc1F. The van der Waals surface area contributed by atoms with Crippen LogP contribution in [0.1, 0.15) is 28.4 Å². The van der Waals surface area contributed by atoms with Crippen LogP contribution in [0.3, 0.4) is 0 Å². The molecule has 2 N–H and O–H groups in total. The summed E-state index contributed by atoms with van der Waals surface area (Å²) < 4.78 is 25.3. The molecule has 0 bridgehead atoms. The highest BCUT2D eigenvalue weighted by molar-refractivity contribution is 6.39. The fourth-order valence-electron chi connectivity index (χ4n) is 3.58. The second-order valence-electron chi connectivity index (χ2n) is 7.83. The third-order valence-corrected chi connectivity index (χ3v) is 5.39. The van der Waals surface area contributed by atoms with E-state index in [4.69, 9.17) is 14.6 Å². The van der Waals surface area contributed by atoms with Crippen molar-refractivity contribution in [3.05, 3.63) is 94.8 Å². The standard InChI is InChI=1S/C27H21FN2O7/c1-2-36-23-14-16(7-12-22(23)37-15-18-5-3-4-6-21(18)28)13-20-24(31)29-27(35)30(25(20)32)19-10-8-17(9-11-19)26(33)34/h3-14H,2,15H2,1H3,(H,33,34)(H,29,31,35)/b20-13+. The zero-order valence-electron chi connectivity index (χ0n) is 19.6. The zero-order valence-corrected chi connectivity index (χ0v) is 19.6. The van der Waals surface area contributed by atoms with E-state index >= 15 is 0 Å². The van der Waals surface area contributed by atoms with Gasteiger partial charge in [-0.1, -0.05) is 24.3 Å². The molecule has 1 fully saturated rings. The Labute approximate surface area is 210 Å². The van der Waals surface area contributed by atoms with Crippen LogP contribution < -0.4 is 19.7 Å². The number of nitrogens with one attached hydrogen (secondary N) is 1. The Hall–Kier alpha value is -4.99. The molecule has 0 saturated carbocycles. The molecule has 0 radical (unpaired) electrons. The molecule has 1 heterocycles. The number of rotatable bonds is 8. The lowest BCUT2D eigenvalue weighted by Crippen LogP contribution is -2.54. The molecule has 3 aromatic rings. The maximum Gasteiger partial charge on any atom is 0.335 e. The van der Waals surface area contributed by atoms with Gasteiger partial charge < -0.3 is 14.6 Å². The summed E-state index contributed by atoms with van der Waals surface area (Å²) in [6.07, 6.45) is 1.30. The van der Waals surface area contributed by atoms with Gasteiger partial charge in [0, 0.05) is 5.56 Å². The first-order chi connectivity index (χ1) is 17.8. The van der Waals surface area contributed by atoms with Crippen LogP contribution in [0, 0.1) is 5.82 Å². The molecule has 3 aromatic carbocycles. The molecule has 0 aromatic heterocycles. The predicted molar refractivity (Wildman–Crippen MR) is 131 cm³/mol. The van der Waals surface area contributed by atoms with Crippen molar-refractivity contribution in [3.8, 4) is 11.5 Å². The largest absolute Gasteiger partial charge is 0.490 e. The first-order valence-corrected chi connectivity index (χ1v) is 11.2. The summed E-state index contributed by atoms with van der Waals surface area (Å²) in [5.41, 5.74) is 0.529. The van der Waals surface area contributed by atoms with Gasteiger partial charge in [-0.2, -0.15) is 0 Å². The number of carboxylic acid groups (broad SMARTS) is 1. The number of carbonyl (C=O) groups is 4. The van der Waals surface area contributed by atoms with Gasteiger partial charge in [0.1, 0.15) is 18.0 Å². The number of halogens is 1. The summed E-state index contributed by atoms with van der Waals surface area (Å²) in [4.78, 5) is 49.8. The van der Waals surface area contributed by atoms with Gasteiger partial charge in [-0.15, -0.1) is 0 Å². The lowest BCUT2D eigenvalue weighted by atomic mass is 10.1. The molecule has 10 heteroatoms. The number of imide groups is 2. The summed E-state index contributed by atoms with van der Waals surface area (Å²) >= 11 is 0. The molecule has 4 amide bonds. The van der Waals surface area contributed by atoms with E-state index in [1.165, 1.54) is 36.4 Å². The summed E-state index contributed by atoms with van der Waals surface area (Å²) in [5, 5.41) is 11.2. The van der Waals surface area contributed by atoms with Gasteiger partial charge >= 0.3 is 12.0 Å². The quantitative estimate of drug-likeness (QED) is 0.349. The number of carbonyl (C=O) groups excluding carboxylic acids is 3. The monoisotopic (exact) mass is 504 g/mol. The van der Waals surface area contributed by atoms with Crippen LogP contribution in [0.4, 0.5) is 14.9 Å². The van der Waals surface area contributed by atoms with Crippen LogP contribution in [0.2, 0.25) is 0 Å². The molecule has 1 aliphatic rings. The van der Waals surface area contributed by atoms with Crippen molar-refractivity contribution in [2.45, 2.75) is 13.5 Å². The number of benzene rings is 3. The Morgan fingerprint density at radius 3 is 2.41 bits per heavy atom. The Bertz CT molecular complexity index is 1420. The van der Waals surface area contributed by atoms with Crippen molar-refractivity contribution in [1.29, 1.82) is 0 Å². The molecular formula is C27H21FN2O7. The van der Waals surface area contributed by atoms with Crippen LogP contribution in [0.25, 0.3) is 6.08 Å². The minimum atomic E-state index is -1.16. The van der Waals surface area contributed by atoms with Crippen LogP contribution in [-0.4, -0.2) is 35.5 Å². The van der Waals surface area contributed by atoms with E-state index in [1.807, 2.05) is 0 Å². The van der Waals surface area contributed by atoms with Crippen molar-refractivity contribution >= 4 is 35.6 Å². The number of nitrogens with zero attached hydrogens (tertiary/aromatic N) is 1. The average molecular weight is 504 g/mol. The van der Waals surface area contributed by atoms with E-state index in [2.05, 4.69) is 5.32 Å². The summed E-state index contributed by atoms with van der Waals surface area (Å²) in [6.45, 7) is 2.03. The molecule has 0 unspecified atom stereocenters. The maximum atomic E-state index is 13.9. The predicted octanol–water partition coefficient (Wildman–Crippen LogP) is 4.17. The number of urea groups is 1. The molecule has 9 nitrogen and oxygen atoms in total. The Balaban J connectivity index is 1.61. The van der Waals surface area contributed by atoms with Crippen LogP contribution in [-0.2, 0) is 16.2 Å². The summed E-state index contributed by atoms with van der Waals surface area (Å²) in [6, 6.07) is 15.0. The van der Waals surface area contributed by atoms with E-state index < -0.39 is 29.6 Å². The Morgan fingerprint density at radius 1 is 1.00 bits per heavy atom.